The molecule has 0 amide bonds. The zero-order chi connectivity index (χ0) is 21.4. The molecule has 0 saturated carbocycles. The summed E-state index contributed by atoms with van der Waals surface area (Å²) in [6.07, 6.45) is 0.929. The van der Waals surface area contributed by atoms with Crippen LogP contribution in [0.1, 0.15) is 47.4 Å². The second-order valence-electron chi connectivity index (χ2n) is 8.73. The molecular weight excluding hydrogens is 404 g/mol. The average molecular weight is 435 g/mol. The summed E-state index contributed by atoms with van der Waals surface area (Å²) in [7, 11) is 5.79. The Labute approximate surface area is 188 Å². The molecule has 4 heteroatoms. The molecule has 0 spiro atoms. The van der Waals surface area contributed by atoms with E-state index < -0.39 is 0 Å². The molecule has 0 aliphatic rings. The van der Waals surface area contributed by atoms with Gasteiger partial charge in [0.05, 0.1) is 0 Å². The van der Waals surface area contributed by atoms with Crippen LogP contribution in [0.2, 0.25) is 0 Å². The number of hydrogen-bond acceptors (Lipinski definition) is 3. The molecule has 0 radical (unpaired) electrons. The van der Waals surface area contributed by atoms with Crippen molar-refractivity contribution in [3.05, 3.63) is 77.0 Å². The monoisotopic (exact) mass is 434 g/mol. The third kappa shape index (κ3) is 4.21. The molecule has 2 nitrogen and oxygen atoms in total. The summed E-state index contributed by atoms with van der Waals surface area (Å²) >= 11 is 4.63. The van der Waals surface area contributed by atoms with Gasteiger partial charge in [0.2, 0.25) is 0 Å². The van der Waals surface area contributed by atoms with Gasteiger partial charge in [-0.2, -0.15) is 0 Å². The fraction of sp³-hybridized carbons (Fsp3) is 0.308. The molecule has 4 rings (SSSR count). The van der Waals surface area contributed by atoms with Gasteiger partial charge in [-0.05, 0) is 70.6 Å². The van der Waals surface area contributed by atoms with Crippen LogP contribution in [-0.2, 0) is 6.42 Å². The van der Waals surface area contributed by atoms with Gasteiger partial charge in [0.1, 0.15) is 0 Å². The predicted molar refractivity (Wildman–Crippen MR) is 138 cm³/mol. The summed E-state index contributed by atoms with van der Waals surface area (Å²) in [6, 6.07) is 20.4. The van der Waals surface area contributed by atoms with Crippen molar-refractivity contribution >= 4 is 49.8 Å². The van der Waals surface area contributed by atoms with E-state index in [1.165, 1.54) is 49.7 Å². The molecule has 3 aromatic carbocycles. The van der Waals surface area contributed by atoms with Crippen LogP contribution in [0, 0.1) is 6.92 Å². The Morgan fingerprint density at radius 1 is 0.933 bits per heavy atom. The van der Waals surface area contributed by atoms with Crippen LogP contribution in [0.4, 0.5) is 5.69 Å². The van der Waals surface area contributed by atoms with Crippen molar-refractivity contribution in [2.24, 2.45) is 0 Å². The van der Waals surface area contributed by atoms with Gasteiger partial charge >= 0.3 is 0 Å². The lowest BCUT2D eigenvalue weighted by molar-refractivity contribution is 0.866. The lowest BCUT2D eigenvalue weighted by atomic mass is 9.99. The van der Waals surface area contributed by atoms with E-state index in [-0.39, 0.29) is 0 Å². The maximum Gasteiger partial charge on any atom is 0.0461 e. The molecule has 0 fully saturated rings. The van der Waals surface area contributed by atoms with Crippen molar-refractivity contribution in [2.45, 2.75) is 38.4 Å². The fourth-order valence-electron chi connectivity index (χ4n) is 4.09. The third-order valence-corrected chi connectivity index (χ3v) is 7.42. The van der Waals surface area contributed by atoms with E-state index in [9.17, 15) is 0 Å². The van der Waals surface area contributed by atoms with Crippen LogP contribution in [-0.4, -0.2) is 19.1 Å². The minimum absolute atomic E-state index is 0.290. The molecule has 1 aromatic heterocycles. The van der Waals surface area contributed by atoms with Crippen LogP contribution in [0.3, 0.4) is 0 Å². The summed E-state index contributed by atoms with van der Waals surface area (Å²) in [4.78, 5) is 5.82. The molecule has 1 unspecified atom stereocenters. The van der Waals surface area contributed by atoms with E-state index in [1.807, 2.05) is 0 Å². The SMILES string of the molecule is Cc1cc(C(C)C)cc2[nH]c(CC(SS)c3ccc4ccc(N(C)C)cc4c3)cc12. The van der Waals surface area contributed by atoms with Gasteiger partial charge < -0.3 is 9.88 Å². The summed E-state index contributed by atoms with van der Waals surface area (Å²) in [5.41, 5.74) is 7.78. The molecule has 1 N–H and O–H groups in total. The highest BCUT2D eigenvalue weighted by molar-refractivity contribution is 8.68. The van der Waals surface area contributed by atoms with Crippen molar-refractivity contribution in [1.82, 2.24) is 4.98 Å². The number of H-pyrrole nitrogens is 1. The Kier molecular flexibility index (Phi) is 6.08. The third-order valence-electron chi connectivity index (χ3n) is 5.96. The van der Waals surface area contributed by atoms with Crippen LogP contribution in [0.5, 0.6) is 0 Å². The smallest absolute Gasteiger partial charge is 0.0461 e. The minimum Gasteiger partial charge on any atom is -0.378 e. The highest BCUT2D eigenvalue weighted by Gasteiger charge is 2.15. The number of nitrogens with one attached hydrogen (secondary N) is 1. The Hall–Kier alpha value is -2.04. The van der Waals surface area contributed by atoms with Gasteiger partial charge in [-0.25, -0.2) is 0 Å². The predicted octanol–water partition coefficient (Wildman–Crippen LogP) is 7.68. The Balaban J connectivity index is 1.66. The number of rotatable bonds is 6. The van der Waals surface area contributed by atoms with Crippen LogP contribution >= 0.6 is 22.5 Å². The maximum atomic E-state index is 4.63. The summed E-state index contributed by atoms with van der Waals surface area (Å²) in [5.74, 6) is 0.533. The van der Waals surface area contributed by atoms with Crippen LogP contribution in [0.15, 0.2) is 54.6 Å². The van der Waals surface area contributed by atoms with E-state index >= 15 is 0 Å². The first-order chi connectivity index (χ1) is 14.4. The first-order valence-electron chi connectivity index (χ1n) is 10.5. The number of aromatic nitrogens is 1. The number of aryl methyl sites for hydroxylation is 1. The van der Waals surface area contributed by atoms with Crippen LogP contribution < -0.4 is 4.90 Å². The molecular formula is C26H30N2S2. The lowest BCUT2D eigenvalue weighted by Crippen LogP contribution is -2.08. The number of nitrogens with zero attached hydrogens (tertiary/aromatic N) is 1. The molecule has 0 aliphatic carbocycles. The molecule has 0 bridgehead atoms. The molecule has 4 aromatic rings. The minimum atomic E-state index is 0.290. The molecule has 1 heterocycles. The Morgan fingerprint density at radius 2 is 1.70 bits per heavy atom. The lowest BCUT2D eigenvalue weighted by Gasteiger charge is -2.16. The highest BCUT2D eigenvalue weighted by Crippen LogP contribution is 2.37. The molecule has 1 atom stereocenters. The average Bonchev–Trinajstić information content (AvgIpc) is 3.14. The van der Waals surface area contributed by atoms with Gasteiger partial charge in [-0.15, -0.1) is 11.7 Å². The summed E-state index contributed by atoms with van der Waals surface area (Å²) in [6.45, 7) is 6.71. The van der Waals surface area contributed by atoms with Gasteiger partial charge in [0.15, 0.2) is 0 Å². The molecule has 0 saturated heterocycles. The number of hydrogen-bond donors (Lipinski definition) is 2. The standard InChI is InChI=1S/C26H30N2S2/c1-16(2)20-10-17(3)24-14-22(27-25(24)13-20)15-26(30-29)19-7-6-18-8-9-23(28(4)5)12-21(18)11-19/h6-14,16,26-27,29H,15H2,1-5H3. The number of thiol groups is 1. The van der Waals surface area contributed by atoms with Crippen molar-refractivity contribution in [3.63, 3.8) is 0 Å². The summed E-state index contributed by atoms with van der Waals surface area (Å²) in [5, 5.41) is 4.17. The van der Waals surface area contributed by atoms with Crippen molar-refractivity contribution in [3.8, 4) is 0 Å². The normalized spacial score (nSPS) is 12.8. The van der Waals surface area contributed by atoms with Crippen molar-refractivity contribution in [2.75, 3.05) is 19.0 Å². The topological polar surface area (TPSA) is 19.0 Å². The first kappa shape index (κ1) is 21.2. The van der Waals surface area contributed by atoms with Crippen molar-refractivity contribution in [1.29, 1.82) is 0 Å². The van der Waals surface area contributed by atoms with E-state index in [0.717, 1.165) is 6.42 Å². The second-order valence-corrected chi connectivity index (χ2v) is 10.1. The zero-order valence-electron chi connectivity index (χ0n) is 18.4. The number of benzene rings is 3. The largest absolute Gasteiger partial charge is 0.378 e. The fourth-order valence-corrected chi connectivity index (χ4v) is 5.21. The van der Waals surface area contributed by atoms with E-state index in [0.29, 0.717) is 11.2 Å². The highest BCUT2D eigenvalue weighted by atomic mass is 33.1. The van der Waals surface area contributed by atoms with E-state index in [2.05, 4.69) is 111 Å². The maximum absolute atomic E-state index is 4.63. The number of anilines is 1. The van der Waals surface area contributed by atoms with E-state index in [1.54, 1.807) is 10.8 Å². The number of aromatic amines is 1. The quantitative estimate of drug-likeness (QED) is 0.239. The van der Waals surface area contributed by atoms with E-state index in [4.69, 9.17) is 0 Å². The Morgan fingerprint density at radius 3 is 2.40 bits per heavy atom. The van der Waals surface area contributed by atoms with Gasteiger partial charge in [-0.1, -0.05) is 48.9 Å². The molecule has 30 heavy (non-hydrogen) atoms. The zero-order valence-corrected chi connectivity index (χ0v) is 20.1. The van der Waals surface area contributed by atoms with Crippen LogP contribution in [0.25, 0.3) is 21.7 Å². The second kappa shape index (κ2) is 8.60. The Bertz CT molecular complexity index is 1190. The van der Waals surface area contributed by atoms with Gasteiger partial charge in [0, 0.05) is 48.1 Å². The summed E-state index contributed by atoms with van der Waals surface area (Å²) < 4.78 is 0. The molecule has 0 aliphatic heterocycles. The first-order valence-corrected chi connectivity index (χ1v) is 12.4. The van der Waals surface area contributed by atoms with Crippen molar-refractivity contribution < 1.29 is 0 Å². The van der Waals surface area contributed by atoms with Gasteiger partial charge in [-0.3, -0.25) is 0 Å². The van der Waals surface area contributed by atoms with Gasteiger partial charge in [0.25, 0.3) is 0 Å². The number of fused-ring (bicyclic) bond motifs is 2. The molecule has 156 valence electrons.